The van der Waals surface area contributed by atoms with Gasteiger partial charge in [-0.25, -0.2) is 4.79 Å². The van der Waals surface area contributed by atoms with Crippen molar-refractivity contribution in [2.45, 2.75) is 57.4 Å². The zero-order valence-electron chi connectivity index (χ0n) is 16.1. The van der Waals surface area contributed by atoms with Gasteiger partial charge in [-0.15, -0.1) is 0 Å². The van der Waals surface area contributed by atoms with Crippen molar-refractivity contribution in [1.82, 2.24) is 4.57 Å². The van der Waals surface area contributed by atoms with Crippen molar-refractivity contribution in [3.8, 4) is 0 Å². The molecule has 1 aromatic heterocycles. The van der Waals surface area contributed by atoms with Crippen LogP contribution in [0.4, 0.5) is 5.69 Å². The number of para-hydroxylation sites is 1. The topological polar surface area (TPSA) is 80.6 Å². The summed E-state index contributed by atoms with van der Waals surface area (Å²) in [4.78, 5) is 25.5. The lowest BCUT2D eigenvalue weighted by molar-refractivity contribution is -0.172. The summed E-state index contributed by atoms with van der Waals surface area (Å²) in [5, 5.41) is 14.6. The molecule has 3 aliphatic heterocycles. The van der Waals surface area contributed by atoms with Gasteiger partial charge in [0.25, 0.3) is 5.56 Å². The summed E-state index contributed by atoms with van der Waals surface area (Å²) in [6.07, 6.45) is 1.16. The molecule has 0 radical (unpaired) electrons. The minimum atomic E-state index is -1.75. The minimum Gasteiger partial charge on any atom is -0.458 e. The van der Waals surface area contributed by atoms with E-state index in [1.807, 2.05) is 16.7 Å². The van der Waals surface area contributed by atoms with Crippen molar-refractivity contribution < 1.29 is 14.6 Å². The van der Waals surface area contributed by atoms with Crippen LogP contribution in [-0.4, -0.2) is 15.6 Å². The van der Waals surface area contributed by atoms with E-state index in [-0.39, 0.29) is 30.5 Å². The highest BCUT2D eigenvalue weighted by atomic mass is 16.6. The van der Waals surface area contributed by atoms with E-state index in [0.717, 1.165) is 17.8 Å². The molecule has 2 N–H and O–H groups in total. The van der Waals surface area contributed by atoms with Gasteiger partial charge < -0.3 is 19.7 Å². The molecule has 146 valence electrons. The molecule has 6 heteroatoms. The molecule has 5 rings (SSSR count). The highest BCUT2D eigenvalue weighted by Crippen LogP contribution is 2.50. The van der Waals surface area contributed by atoms with Crippen molar-refractivity contribution in [2.75, 3.05) is 5.32 Å². The normalized spacial score (nSPS) is 29.8. The second-order valence-electron chi connectivity index (χ2n) is 8.06. The molecule has 1 aromatic carbocycles. The van der Waals surface area contributed by atoms with Crippen molar-refractivity contribution in [3.05, 3.63) is 63.1 Å². The average Bonchev–Trinajstić information content (AvgIpc) is 3.08. The number of nitrogens with one attached hydrogen (secondary N) is 1. The first-order valence-corrected chi connectivity index (χ1v) is 10.0. The number of aromatic nitrogens is 1. The van der Waals surface area contributed by atoms with Crippen molar-refractivity contribution >= 4 is 11.7 Å². The number of carbonyl (C=O) groups excluding carboxylic acids is 1. The summed E-state index contributed by atoms with van der Waals surface area (Å²) in [5.41, 5.74) is 2.15. The Bertz CT molecular complexity index is 1040. The Balaban J connectivity index is 1.69. The summed E-state index contributed by atoms with van der Waals surface area (Å²) in [5.74, 6) is -0.0701. The van der Waals surface area contributed by atoms with Crippen LogP contribution in [0, 0.1) is 5.92 Å². The number of cyclic esters (lactones) is 1. The molecule has 28 heavy (non-hydrogen) atoms. The van der Waals surface area contributed by atoms with E-state index in [2.05, 4.69) is 30.4 Å². The number of ether oxygens (including phenoxy) is 1. The molecule has 4 heterocycles. The molecular weight excluding hydrogens is 356 g/mol. The first-order chi connectivity index (χ1) is 13.5. The number of carbonyl (C=O) groups is 1. The Morgan fingerprint density at radius 1 is 1.29 bits per heavy atom. The maximum atomic E-state index is 13.3. The maximum Gasteiger partial charge on any atom is 0.343 e. The van der Waals surface area contributed by atoms with E-state index >= 15 is 0 Å². The summed E-state index contributed by atoms with van der Waals surface area (Å²) < 4.78 is 6.96. The molecule has 0 saturated carbocycles. The molecular formula is C22H24N2O4. The molecule has 3 aliphatic rings. The molecule has 0 fully saturated rings. The van der Waals surface area contributed by atoms with Gasteiger partial charge in [0.1, 0.15) is 6.61 Å². The quantitative estimate of drug-likeness (QED) is 0.783. The summed E-state index contributed by atoms with van der Waals surface area (Å²) in [6, 6.07) is 10.1. The number of aliphatic hydroxyl groups is 1. The highest BCUT2D eigenvalue weighted by molar-refractivity contribution is 5.83. The van der Waals surface area contributed by atoms with Gasteiger partial charge in [0.2, 0.25) is 0 Å². The molecule has 2 aromatic rings. The molecule has 0 amide bonds. The SMILES string of the molecule is CCC1c2ccccc2NC2c3cc4c(c(=O)n3CC12)COC(=O)C4(O)CC. The zero-order valence-corrected chi connectivity index (χ0v) is 16.1. The number of rotatable bonds is 2. The number of fused-ring (bicyclic) bond motifs is 5. The third kappa shape index (κ3) is 2.12. The van der Waals surface area contributed by atoms with Crippen LogP contribution in [0.15, 0.2) is 35.1 Å². The van der Waals surface area contributed by atoms with Gasteiger partial charge in [-0.1, -0.05) is 32.0 Å². The van der Waals surface area contributed by atoms with Gasteiger partial charge in [0.15, 0.2) is 5.60 Å². The fourth-order valence-corrected chi connectivity index (χ4v) is 5.31. The van der Waals surface area contributed by atoms with Gasteiger partial charge in [-0.2, -0.15) is 0 Å². The number of hydrogen-bond acceptors (Lipinski definition) is 5. The molecule has 0 aliphatic carbocycles. The Morgan fingerprint density at radius 3 is 2.82 bits per heavy atom. The molecule has 0 bridgehead atoms. The van der Waals surface area contributed by atoms with Crippen LogP contribution in [0.25, 0.3) is 0 Å². The molecule has 0 saturated heterocycles. The minimum absolute atomic E-state index is 0.0168. The number of esters is 1. The Morgan fingerprint density at radius 2 is 2.07 bits per heavy atom. The van der Waals surface area contributed by atoms with Crippen LogP contribution in [0.5, 0.6) is 0 Å². The van der Waals surface area contributed by atoms with E-state index < -0.39 is 11.6 Å². The second kappa shape index (κ2) is 5.95. The smallest absolute Gasteiger partial charge is 0.343 e. The van der Waals surface area contributed by atoms with E-state index in [1.165, 1.54) is 5.56 Å². The van der Waals surface area contributed by atoms with E-state index in [0.29, 0.717) is 23.6 Å². The third-order valence-corrected chi connectivity index (χ3v) is 6.84. The lowest BCUT2D eigenvalue weighted by Crippen LogP contribution is -2.44. The van der Waals surface area contributed by atoms with Crippen molar-refractivity contribution in [1.29, 1.82) is 0 Å². The second-order valence-corrected chi connectivity index (χ2v) is 8.06. The van der Waals surface area contributed by atoms with Gasteiger partial charge in [-0.3, -0.25) is 4.79 Å². The van der Waals surface area contributed by atoms with Crippen molar-refractivity contribution in [2.24, 2.45) is 5.92 Å². The first kappa shape index (κ1) is 17.5. The summed E-state index contributed by atoms with van der Waals surface area (Å²) in [7, 11) is 0. The monoisotopic (exact) mass is 380 g/mol. The van der Waals surface area contributed by atoms with E-state index in [1.54, 1.807) is 6.92 Å². The van der Waals surface area contributed by atoms with Gasteiger partial charge in [0.05, 0.1) is 11.6 Å². The van der Waals surface area contributed by atoms with Crippen LogP contribution < -0.4 is 10.9 Å². The van der Waals surface area contributed by atoms with Gasteiger partial charge >= 0.3 is 5.97 Å². The first-order valence-electron chi connectivity index (χ1n) is 10.0. The molecule has 4 unspecified atom stereocenters. The van der Waals surface area contributed by atoms with Crippen LogP contribution in [-0.2, 0) is 28.3 Å². The van der Waals surface area contributed by atoms with Crippen molar-refractivity contribution in [3.63, 3.8) is 0 Å². The summed E-state index contributed by atoms with van der Waals surface area (Å²) >= 11 is 0. The fraction of sp³-hybridized carbons (Fsp3) is 0.455. The summed E-state index contributed by atoms with van der Waals surface area (Å²) in [6.45, 7) is 4.47. The molecule has 0 spiro atoms. The van der Waals surface area contributed by atoms with E-state index in [4.69, 9.17) is 4.74 Å². The highest BCUT2D eigenvalue weighted by Gasteiger charge is 2.48. The third-order valence-electron chi connectivity index (χ3n) is 6.84. The Kier molecular flexibility index (Phi) is 3.72. The lowest BCUT2D eigenvalue weighted by atomic mass is 9.76. The largest absolute Gasteiger partial charge is 0.458 e. The lowest BCUT2D eigenvalue weighted by Gasteiger charge is -2.36. The number of benzene rings is 1. The Labute approximate surface area is 163 Å². The van der Waals surface area contributed by atoms with Crippen LogP contribution in [0.2, 0.25) is 0 Å². The predicted octanol–water partition coefficient (Wildman–Crippen LogP) is 2.79. The average molecular weight is 380 g/mol. The molecule has 4 atom stereocenters. The fourth-order valence-electron chi connectivity index (χ4n) is 5.31. The Hall–Kier alpha value is -2.60. The maximum absolute atomic E-state index is 13.3. The van der Waals surface area contributed by atoms with Crippen LogP contribution in [0.1, 0.15) is 61.0 Å². The zero-order chi connectivity index (χ0) is 19.6. The molecule has 6 nitrogen and oxygen atoms in total. The van der Waals surface area contributed by atoms with Gasteiger partial charge in [0, 0.05) is 29.4 Å². The van der Waals surface area contributed by atoms with Crippen LogP contribution >= 0.6 is 0 Å². The number of hydrogen-bond donors (Lipinski definition) is 2. The predicted molar refractivity (Wildman–Crippen MR) is 104 cm³/mol. The standard InChI is InChI=1S/C22H24N2O4/c1-3-12-13-7-5-6-8-17(13)23-19-14(12)10-24-18(19)9-16-15(20(24)25)11-28-21(26)22(16,27)4-2/h5-9,12,14,19,23,27H,3-4,10-11H2,1-2H3. The number of anilines is 1. The number of nitrogens with zero attached hydrogens (tertiary/aromatic N) is 1. The van der Waals surface area contributed by atoms with Gasteiger partial charge in [-0.05, 0) is 36.5 Å². The van der Waals surface area contributed by atoms with Crippen LogP contribution in [0.3, 0.4) is 0 Å². The number of pyridine rings is 1. The van der Waals surface area contributed by atoms with E-state index in [9.17, 15) is 14.7 Å².